The van der Waals surface area contributed by atoms with E-state index in [0.29, 0.717) is 5.56 Å². The van der Waals surface area contributed by atoms with Crippen LogP contribution in [0.2, 0.25) is 0 Å². The Morgan fingerprint density at radius 3 is 2.87 bits per heavy atom. The van der Waals surface area contributed by atoms with Crippen LogP contribution in [0.5, 0.6) is 0 Å². The molecule has 0 aromatic carbocycles. The predicted octanol–water partition coefficient (Wildman–Crippen LogP) is 1.20. The molecule has 2 N–H and O–H groups in total. The molecule has 1 rings (SSSR count). The number of thiocarbonyl (C=S) groups is 1. The molecule has 0 radical (unpaired) electrons. The summed E-state index contributed by atoms with van der Waals surface area (Å²) in [6.07, 6.45) is 3.12. The van der Waals surface area contributed by atoms with Crippen molar-refractivity contribution in [2.24, 2.45) is 5.73 Å². The van der Waals surface area contributed by atoms with E-state index < -0.39 is 0 Å². The average Bonchev–Trinajstić information content (AvgIpc) is 2.15. The fourth-order valence-corrected chi connectivity index (χ4v) is 1.61. The Bertz CT molecular complexity index is 397. The number of hydrogen-bond acceptors (Lipinski definition) is 3. The molecule has 0 bridgehead atoms. The molecular formula is C9H10BrN3OS. The van der Waals surface area contributed by atoms with Crippen LogP contribution in [0.15, 0.2) is 22.9 Å². The van der Waals surface area contributed by atoms with Gasteiger partial charge in [-0.3, -0.25) is 9.78 Å². The molecule has 0 fully saturated rings. The number of halogens is 1. The third-order valence-corrected chi connectivity index (χ3v) is 2.25. The molecule has 0 atom stereocenters. The first-order valence-electron chi connectivity index (χ1n) is 4.15. The van der Waals surface area contributed by atoms with E-state index in [1.54, 1.807) is 19.3 Å². The second-order valence-electron chi connectivity index (χ2n) is 3.02. The average molecular weight is 288 g/mol. The van der Waals surface area contributed by atoms with E-state index in [-0.39, 0.29) is 17.4 Å². The van der Waals surface area contributed by atoms with E-state index in [4.69, 9.17) is 18.0 Å². The Balaban J connectivity index is 2.80. The zero-order valence-electron chi connectivity index (χ0n) is 8.11. The van der Waals surface area contributed by atoms with Gasteiger partial charge in [-0.15, -0.1) is 0 Å². The van der Waals surface area contributed by atoms with E-state index in [0.717, 1.165) is 4.47 Å². The Labute approximate surface area is 102 Å². The Kier molecular flexibility index (Phi) is 4.16. The summed E-state index contributed by atoms with van der Waals surface area (Å²) in [5.41, 5.74) is 5.85. The van der Waals surface area contributed by atoms with Crippen molar-refractivity contribution in [3.8, 4) is 0 Å². The van der Waals surface area contributed by atoms with Crippen molar-refractivity contribution in [2.75, 3.05) is 13.6 Å². The normalized spacial score (nSPS) is 9.73. The van der Waals surface area contributed by atoms with E-state index in [1.165, 1.54) is 11.1 Å². The van der Waals surface area contributed by atoms with E-state index in [9.17, 15) is 4.79 Å². The molecule has 0 saturated heterocycles. The molecule has 0 saturated carbocycles. The molecule has 80 valence electrons. The SMILES string of the molecule is CN(CC(N)=S)C(=O)c1cncc(Br)c1. The number of pyridine rings is 1. The van der Waals surface area contributed by atoms with Crippen LogP contribution in [0.1, 0.15) is 10.4 Å². The summed E-state index contributed by atoms with van der Waals surface area (Å²) in [4.78, 5) is 17.4. The second kappa shape index (κ2) is 5.18. The molecule has 15 heavy (non-hydrogen) atoms. The molecule has 6 heteroatoms. The topological polar surface area (TPSA) is 59.2 Å². The maximum atomic E-state index is 11.8. The fraction of sp³-hybridized carbons (Fsp3) is 0.222. The number of nitrogens with two attached hydrogens (primary N) is 1. The van der Waals surface area contributed by atoms with Gasteiger partial charge in [0.05, 0.1) is 17.1 Å². The first-order chi connectivity index (χ1) is 7.00. The number of carbonyl (C=O) groups is 1. The lowest BCUT2D eigenvalue weighted by atomic mass is 10.2. The van der Waals surface area contributed by atoms with Crippen LogP contribution in [0, 0.1) is 0 Å². The monoisotopic (exact) mass is 287 g/mol. The van der Waals surface area contributed by atoms with Crippen LogP contribution in [0.4, 0.5) is 0 Å². The zero-order chi connectivity index (χ0) is 11.4. The number of likely N-dealkylation sites (N-methyl/N-ethyl adjacent to an activating group) is 1. The van der Waals surface area contributed by atoms with Gasteiger partial charge in [-0.2, -0.15) is 0 Å². The predicted molar refractivity (Wildman–Crippen MR) is 65.7 cm³/mol. The van der Waals surface area contributed by atoms with Crippen LogP contribution >= 0.6 is 28.1 Å². The van der Waals surface area contributed by atoms with Crippen LogP contribution in [0.25, 0.3) is 0 Å². The lowest BCUT2D eigenvalue weighted by Gasteiger charge is -2.15. The quantitative estimate of drug-likeness (QED) is 0.849. The number of aromatic nitrogens is 1. The van der Waals surface area contributed by atoms with Crippen molar-refractivity contribution in [1.82, 2.24) is 9.88 Å². The first kappa shape index (κ1) is 12.1. The summed E-state index contributed by atoms with van der Waals surface area (Å²) >= 11 is 7.97. The maximum absolute atomic E-state index is 11.8. The highest BCUT2D eigenvalue weighted by Crippen LogP contribution is 2.10. The molecule has 1 heterocycles. The van der Waals surface area contributed by atoms with E-state index in [1.807, 2.05) is 0 Å². The van der Waals surface area contributed by atoms with Gasteiger partial charge < -0.3 is 10.6 Å². The molecule has 4 nitrogen and oxygen atoms in total. The number of amides is 1. The Hall–Kier alpha value is -1.01. The van der Waals surface area contributed by atoms with Gasteiger partial charge in [-0.25, -0.2) is 0 Å². The molecule has 0 spiro atoms. The minimum Gasteiger partial charge on any atom is -0.392 e. The van der Waals surface area contributed by atoms with Crippen LogP contribution in [-0.2, 0) is 0 Å². The molecule has 1 aromatic heterocycles. The van der Waals surface area contributed by atoms with Crippen molar-refractivity contribution in [1.29, 1.82) is 0 Å². The van der Waals surface area contributed by atoms with E-state index >= 15 is 0 Å². The molecule has 0 unspecified atom stereocenters. The molecule has 0 aliphatic rings. The van der Waals surface area contributed by atoms with Crippen molar-refractivity contribution in [3.63, 3.8) is 0 Å². The van der Waals surface area contributed by atoms with Crippen LogP contribution in [0.3, 0.4) is 0 Å². The summed E-state index contributed by atoms with van der Waals surface area (Å²) in [6, 6.07) is 1.70. The van der Waals surface area contributed by atoms with Crippen molar-refractivity contribution in [3.05, 3.63) is 28.5 Å². The summed E-state index contributed by atoms with van der Waals surface area (Å²) in [7, 11) is 1.64. The molecule has 0 aliphatic carbocycles. The van der Waals surface area contributed by atoms with Crippen molar-refractivity contribution >= 4 is 39.0 Å². The number of rotatable bonds is 3. The standard InChI is InChI=1S/C9H10BrN3OS/c1-13(5-8(11)15)9(14)6-2-7(10)4-12-3-6/h2-4H,5H2,1H3,(H2,11,15). The lowest BCUT2D eigenvalue weighted by molar-refractivity contribution is 0.0814. The molecular weight excluding hydrogens is 278 g/mol. The summed E-state index contributed by atoms with van der Waals surface area (Å²) in [6.45, 7) is 0.265. The Morgan fingerprint density at radius 1 is 1.67 bits per heavy atom. The van der Waals surface area contributed by atoms with Gasteiger partial charge in [0, 0.05) is 23.9 Å². The van der Waals surface area contributed by atoms with Crippen molar-refractivity contribution < 1.29 is 4.79 Å². The molecule has 0 aliphatic heterocycles. The summed E-state index contributed by atoms with van der Waals surface area (Å²) in [5.74, 6) is -0.156. The van der Waals surface area contributed by atoms with Gasteiger partial charge in [0.1, 0.15) is 0 Å². The maximum Gasteiger partial charge on any atom is 0.255 e. The van der Waals surface area contributed by atoms with Crippen molar-refractivity contribution in [2.45, 2.75) is 0 Å². The largest absolute Gasteiger partial charge is 0.392 e. The third-order valence-electron chi connectivity index (χ3n) is 1.69. The molecule has 1 amide bonds. The van der Waals surface area contributed by atoms with Crippen LogP contribution < -0.4 is 5.73 Å². The van der Waals surface area contributed by atoms with Gasteiger partial charge in [0.2, 0.25) is 0 Å². The summed E-state index contributed by atoms with van der Waals surface area (Å²) < 4.78 is 0.761. The first-order valence-corrected chi connectivity index (χ1v) is 5.35. The van der Waals surface area contributed by atoms with E-state index in [2.05, 4.69) is 20.9 Å². The number of carbonyl (C=O) groups excluding carboxylic acids is 1. The summed E-state index contributed by atoms with van der Waals surface area (Å²) in [5, 5.41) is 0. The lowest BCUT2D eigenvalue weighted by Crippen LogP contribution is -2.34. The highest BCUT2D eigenvalue weighted by Gasteiger charge is 2.12. The van der Waals surface area contributed by atoms with Gasteiger partial charge in [-0.05, 0) is 22.0 Å². The highest BCUT2D eigenvalue weighted by molar-refractivity contribution is 9.10. The molecule has 1 aromatic rings. The Morgan fingerprint density at radius 2 is 2.33 bits per heavy atom. The highest BCUT2D eigenvalue weighted by atomic mass is 79.9. The third kappa shape index (κ3) is 3.56. The number of hydrogen-bond donors (Lipinski definition) is 1. The minimum atomic E-state index is -0.156. The minimum absolute atomic E-state index is 0.156. The smallest absolute Gasteiger partial charge is 0.255 e. The zero-order valence-corrected chi connectivity index (χ0v) is 10.5. The number of nitrogens with zero attached hydrogens (tertiary/aromatic N) is 2. The fourth-order valence-electron chi connectivity index (χ4n) is 1.05. The second-order valence-corrected chi connectivity index (χ2v) is 4.46. The van der Waals surface area contributed by atoms with Gasteiger partial charge in [0.25, 0.3) is 5.91 Å². The van der Waals surface area contributed by atoms with Gasteiger partial charge in [-0.1, -0.05) is 12.2 Å². The van der Waals surface area contributed by atoms with Gasteiger partial charge >= 0.3 is 0 Å². The van der Waals surface area contributed by atoms with Crippen LogP contribution in [-0.4, -0.2) is 34.4 Å². The van der Waals surface area contributed by atoms with Gasteiger partial charge in [0.15, 0.2) is 0 Å².